The van der Waals surface area contributed by atoms with Crippen LogP contribution in [-0.4, -0.2) is 17.9 Å². The lowest BCUT2D eigenvalue weighted by Gasteiger charge is -2.61. The summed E-state index contributed by atoms with van der Waals surface area (Å²) in [4.78, 5) is 25.6. The highest BCUT2D eigenvalue weighted by Crippen LogP contribution is 2.71. The summed E-state index contributed by atoms with van der Waals surface area (Å²) in [6, 6.07) is 0. The maximum Gasteiger partial charge on any atom is 0.302 e. The summed E-state index contributed by atoms with van der Waals surface area (Å²) in [5.41, 5.74) is 1.78. The zero-order valence-electron chi connectivity index (χ0n) is 23.2. The van der Waals surface area contributed by atoms with Crippen LogP contribution in [0.4, 0.5) is 0 Å². The number of hydrogen-bond donors (Lipinski definition) is 0. The Kier molecular flexibility index (Phi) is 6.93. The third kappa shape index (κ3) is 3.92. The van der Waals surface area contributed by atoms with Crippen LogP contribution in [0.25, 0.3) is 0 Å². The molecule has 9 atom stereocenters. The molecule has 3 fully saturated rings. The number of Topliss-reactive ketones (excluding diaryl/α,β-unsaturated/α-hetero) is 1. The minimum atomic E-state index is -0.194. The zero-order chi connectivity index (χ0) is 25.1. The SMILES string of the molecule is CC(=O)O[C@H]1CC[C@]2(C)C3=CC[C@]4(C)[C@@H]([C@H](C)CCCC(C)C)CC[C@@]4(C)[C@@H]3C(=O)C[C@H]2[C@@H]1C. The normalized spacial score (nSPS) is 44.7. The number of esters is 1. The molecule has 0 radical (unpaired) electrons. The molecule has 192 valence electrons. The number of carbonyl (C=O) groups is 2. The highest BCUT2D eigenvalue weighted by molar-refractivity contribution is 5.87. The standard InChI is InChI=1S/C31H50O3/c1-19(2)10-9-11-20(3)23-12-17-31(8)28-24(13-16-30(23,31)7)29(6)15-14-27(34-22(5)32)21(4)25(29)18-26(28)33/h13,19-21,23,25,27-28H,9-12,14-18H2,1-8H3/t20-,21+,23-,25+,27+,28+,29-,30-,31+/m1/s1. The van der Waals surface area contributed by atoms with Crippen molar-refractivity contribution in [3.05, 3.63) is 11.6 Å². The fraction of sp³-hybridized carbons (Fsp3) is 0.871. The second-order valence-electron chi connectivity index (χ2n) is 13.8. The molecule has 0 heterocycles. The third-order valence-electron chi connectivity index (χ3n) is 11.6. The summed E-state index contributed by atoms with van der Waals surface area (Å²) >= 11 is 0. The Hall–Kier alpha value is -1.12. The van der Waals surface area contributed by atoms with Crippen molar-refractivity contribution in [1.29, 1.82) is 0 Å². The van der Waals surface area contributed by atoms with Gasteiger partial charge in [0.25, 0.3) is 0 Å². The fourth-order valence-corrected chi connectivity index (χ4v) is 9.39. The topological polar surface area (TPSA) is 43.4 Å². The predicted molar refractivity (Wildman–Crippen MR) is 138 cm³/mol. The van der Waals surface area contributed by atoms with Gasteiger partial charge in [0.1, 0.15) is 11.9 Å². The van der Waals surface area contributed by atoms with Gasteiger partial charge in [-0.15, -0.1) is 0 Å². The number of hydrogen-bond acceptors (Lipinski definition) is 3. The molecule has 0 aromatic carbocycles. The first kappa shape index (κ1) is 26.0. The van der Waals surface area contributed by atoms with Crippen molar-refractivity contribution in [2.45, 2.75) is 119 Å². The lowest BCUT2D eigenvalue weighted by atomic mass is 9.42. The summed E-state index contributed by atoms with van der Waals surface area (Å²) < 4.78 is 5.69. The number of rotatable bonds is 6. The molecule has 0 unspecified atom stereocenters. The van der Waals surface area contributed by atoms with Gasteiger partial charge < -0.3 is 4.74 Å². The minimum absolute atomic E-state index is 0.0486. The molecule has 4 rings (SSSR count). The van der Waals surface area contributed by atoms with E-state index >= 15 is 0 Å². The molecule has 4 aliphatic carbocycles. The number of ketones is 1. The molecule has 3 heteroatoms. The van der Waals surface area contributed by atoms with E-state index in [2.05, 4.69) is 54.5 Å². The van der Waals surface area contributed by atoms with Gasteiger partial charge in [-0.1, -0.05) is 79.4 Å². The van der Waals surface area contributed by atoms with Gasteiger partial charge in [0.15, 0.2) is 0 Å². The van der Waals surface area contributed by atoms with Crippen molar-refractivity contribution in [3.8, 4) is 0 Å². The number of ether oxygens (including phenoxy) is 1. The first-order valence-corrected chi connectivity index (χ1v) is 14.3. The quantitative estimate of drug-likeness (QED) is 0.294. The molecule has 0 bridgehead atoms. The summed E-state index contributed by atoms with van der Waals surface area (Å²) in [5.74, 6) is 3.07. The van der Waals surface area contributed by atoms with E-state index in [9.17, 15) is 9.59 Å². The van der Waals surface area contributed by atoms with E-state index in [0.29, 0.717) is 18.1 Å². The second-order valence-corrected chi connectivity index (χ2v) is 13.8. The smallest absolute Gasteiger partial charge is 0.302 e. The highest BCUT2D eigenvalue weighted by Gasteiger charge is 2.66. The van der Waals surface area contributed by atoms with E-state index in [1.807, 2.05) is 0 Å². The molecule has 0 aromatic rings. The number of carbonyl (C=O) groups excluding carboxylic acids is 2. The second kappa shape index (κ2) is 9.07. The molecule has 0 amide bonds. The molecule has 34 heavy (non-hydrogen) atoms. The van der Waals surface area contributed by atoms with E-state index in [1.165, 1.54) is 44.6 Å². The van der Waals surface area contributed by atoms with Crippen molar-refractivity contribution < 1.29 is 14.3 Å². The van der Waals surface area contributed by atoms with Gasteiger partial charge in [0.2, 0.25) is 0 Å². The molecular formula is C31H50O3. The van der Waals surface area contributed by atoms with E-state index < -0.39 is 0 Å². The van der Waals surface area contributed by atoms with Crippen LogP contribution in [0.2, 0.25) is 0 Å². The van der Waals surface area contributed by atoms with Crippen molar-refractivity contribution >= 4 is 11.8 Å². The van der Waals surface area contributed by atoms with Gasteiger partial charge in [-0.2, -0.15) is 0 Å². The number of fused-ring (bicyclic) bond motifs is 5. The minimum Gasteiger partial charge on any atom is -0.462 e. The van der Waals surface area contributed by atoms with E-state index in [0.717, 1.165) is 31.1 Å². The monoisotopic (exact) mass is 470 g/mol. The van der Waals surface area contributed by atoms with Gasteiger partial charge in [-0.05, 0) is 77.9 Å². The Morgan fingerprint density at radius 3 is 2.44 bits per heavy atom. The molecule has 3 nitrogen and oxygen atoms in total. The lowest BCUT2D eigenvalue weighted by Crippen LogP contribution is -2.58. The first-order chi connectivity index (χ1) is 15.8. The highest BCUT2D eigenvalue weighted by atomic mass is 16.5. The average molecular weight is 471 g/mol. The maximum atomic E-state index is 14.0. The third-order valence-corrected chi connectivity index (χ3v) is 11.6. The summed E-state index contributed by atoms with van der Waals surface area (Å²) in [6.45, 7) is 18.3. The molecule has 0 N–H and O–H groups in total. The van der Waals surface area contributed by atoms with Crippen molar-refractivity contribution in [2.24, 2.45) is 51.8 Å². The van der Waals surface area contributed by atoms with E-state index in [4.69, 9.17) is 4.74 Å². The van der Waals surface area contributed by atoms with Crippen LogP contribution in [0.1, 0.15) is 113 Å². The van der Waals surface area contributed by atoms with Crippen LogP contribution >= 0.6 is 0 Å². The Bertz CT molecular complexity index is 842. The van der Waals surface area contributed by atoms with Crippen LogP contribution in [0, 0.1) is 51.8 Å². The predicted octanol–water partition coefficient (Wildman–Crippen LogP) is 7.77. The van der Waals surface area contributed by atoms with Gasteiger partial charge in [-0.3, -0.25) is 9.59 Å². The fourth-order valence-electron chi connectivity index (χ4n) is 9.39. The largest absolute Gasteiger partial charge is 0.462 e. The number of allylic oxidation sites excluding steroid dienone is 2. The van der Waals surface area contributed by atoms with Crippen LogP contribution in [-0.2, 0) is 14.3 Å². The van der Waals surface area contributed by atoms with Gasteiger partial charge >= 0.3 is 5.97 Å². The Balaban J connectivity index is 1.61. The van der Waals surface area contributed by atoms with Crippen molar-refractivity contribution in [2.75, 3.05) is 0 Å². The average Bonchev–Trinajstić information content (AvgIpc) is 3.02. The van der Waals surface area contributed by atoms with Crippen molar-refractivity contribution in [3.63, 3.8) is 0 Å². The molecule has 3 saturated carbocycles. The van der Waals surface area contributed by atoms with Crippen LogP contribution in [0.15, 0.2) is 11.6 Å². The Morgan fingerprint density at radius 1 is 1.09 bits per heavy atom. The van der Waals surface area contributed by atoms with Crippen LogP contribution in [0.3, 0.4) is 0 Å². The molecule has 0 spiro atoms. The molecule has 0 aromatic heterocycles. The molecule has 4 aliphatic rings. The summed E-state index contributed by atoms with van der Waals surface area (Å²) in [6.07, 6.45) is 12.6. The Morgan fingerprint density at radius 2 is 1.79 bits per heavy atom. The molecule has 0 saturated heterocycles. The van der Waals surface area contributed by atoms with Crippen LogP contribution < -0.4 is 0 Å². The van der Waals surface area contributed by atoms with Gasteiger partial charge in [0, 0.05) is 19.3 Å². The Labute approximate surface area is 208 Å². The van der Waals surface area contributed by atoms with Gasteiger partial charge in [0.05, 0.1) is 0 Å². The molecule has 0 aliphatic heterocycles. The van der Waals surface area contributed by atoms with Crippen molar-refractivity contribution in [1.82, 2.24) is 0 Å². The van der Waals surface area contributed by atoms with E-state index in [-0.39, 0.29) is 46.1 Å². The molecular weight excluding hydrogens is 420 g/mol. The summed E-state index contributed by atoms with van der Waals surface area (Å²) in [5, 5.41) is 0. The zero-order valence-corrected chi connectivity index (χ0v) is 23.2. The van der Waals surface area contributed by atoms with Gasteiger partial charge in [-0.25, -0.2) is 0 Å². The summed E-state index contributed by atoms with van der Waals surface area (Å²) in [7, 11) is 0. The van der Waals surface area contributed by atoms with Crippen LogP contribution in [0.5, 0.6) is 0 Å². The lowest BCUT2D eigenvalue weighted by molar-refractivity contribution is -0.159. The maximum absolute atomic E-state index is 14.0. The van der Waals surface area contributed by atoms with E-state index in [1.54, 1.807) is 0 Å². The first-order valence-electron chi connectivity index (χ1n) is 14.3.